The number of hydrogen-bond acceptors (Lipinski definition) is 2. The average Bonchev–Trinajstić information content (AvgIpc) is 2.72. The van der Waals surface area contributed by atoms with E-state index in [1.165, 1.54) is 15.3 Å². The minimum Gasteiger partial charge on any atom is -0.327 e. The van der Waals surface area contributed by atoms with E-state index in [2.05, 4.69) is 56.3 Å². The second kappa shape index (κ2) is 3.69. The predicted octanol–water partition coefficient (Wildman–Crippen LogP) is 3.87. The maximum Gasteiger partial charge on any atom is 0.0345 e. The van der Waals surface area contributed by atoms with Crippen LogP contribution in [0.5, 0.6) is 0 Å². The van der Waals surface area contributed by atoms with Crippen LogP contribution in [0.25, 0.3) is 10.4 Å². The summed E-state index contributed by atoms with van der Waals surface area (Å²) in [7, 11) is 0. The Morgan fingerprint density at radius 2 is 1.71 bits per heavy atom. The van der Waals surface area contributed by atoms with Gasteiger partial charge in [0, 0.05) is 21.7 Å². The molecule has 2 aromatic rings. The maximum atomic E-state index is 6.13. The first-order valence-electron chi connectivity index (χ1n) is 6.01. The number of nitrogens with two attached hydrogens (primary N) is 1. The zero-order valence-corrected chi connectivity index (χ0v) is 11.0. The Morgan fingerprint density at radius 1 is 1.06 bits per heavy atom. The molecule has 17 heavy (non-hydrogen) atoms. The molecule has 3 rings (SSSR count). The van der Waals surface area contributed by atoms with Crippen LogP contribution in [-0.4, -0.2) is 6.04 Å². The Hall–Kier alpha value is -1.12. The molecule has 0 saturated heterocycles. The highest BCUT2D eigenvalue weighted by Crippen LogP contribution is 2.59. The summed E-state index contributed by atoms with van der Waals surface area (Å²) < 4.78 is 0. The summed E-state index contributed by atoms with van der Waals surface area (Å²) in [5, 5.41) is 0. The molecule has 0 aliphatic heterocycles. The van der Waals surface area contributed by atoms with Crippen LogP contribution in [0.3, 0.4) is 0 Å². The SMILES string of the molecule is CC1(C)C(N)C1c1ccc(-c2ccccc2)s1. The molecule has 0 radical (unpaired) electrons. The summed E-state index contributed by atoms with van der Waals surface area (Å²) in [5.41, 5.74) is 7.71. The molecular formula is C15H17NS. The zero-order valence-electron chi connectivity index (χ0n) is 10.2. The Morgan fingerprint density at radius 3 is 2.29 bits per heavy atom. The van der Waals surface area contributed by atoms with Crippen molar-refractivity contribution in [1.82, 2.24) is 0 Å². The Labute approximate surface area is 106 Å². The van der Waals surface area contributed by atoms with Crippen molar-refractivity contribution in [3.63, 3.8) is 0 Å². The summed E-state index contributed by atoms with van der Waals surface area (Å²) in [6.07, 6.45) is 0. The Kier molecular flexibility index (Phi) is 2.39. The summed E-state index contributed by atoms with van der Waals surface area (Å²) in [6, 6.07) is 15.3. The highest BCUT2D eigenvalue weighted by molar-refractivity contribution is 7.15. The van der Waals surface area contributed by atoms with Gasteiger partial charge in [-0.2, -0.15) is 0 Å². The lowest BCUT2D eigenvalue weighted by Gasteiger charge is -1.98. The first-order chi connectivity index (χ1) is 8.10. The highest BCUT2D eigenvalue weighted by Gasteiger charge is 2.56. The van der Waals surface area contributed by atoms with E-state index in [0.717, 1.165) is 0 Å². The van der Waals surface area contributed by atoms with Crippen molar-refractivity contribution >= 4 is 11.3 Å². The molecule has 0 spiro atoms. The fourth-order valence-electron chi connectivity index (χ4n) is 2.50. The second-order valence-electron chi connectivity index (χ2n) is 5.39. The van der Waals surface area contributed by atoms with Gasteiger partial charge in [-0.05, 0) is 23.1 Å². The number of benzene rings is 1. The van der Waals surface area contributed by atoms with E-state index in [9.17, 15) is 0 Å². The molecule has 1 heterocycles. The minimum absolute atomic E-state index is 0.277. The molecule has 88 valence electrons. The quantitative estimate of drug-likeness (QED) is 0.851. The molecule has 1 aliphatic rings. The van der Waals surface area contributed by atoms with E-state index >= 15 is 0 Å². The zero-order chi connectivity index (χ0) is 12.0. The van der Waals surface area contributed by atoms with Gasteiger partial charge < -0.3 is 5.73 Å². The van der Waals surface area contributed by atoms with E-state index in [-0.39, 0.29) is 5.41 Å². The Bertz CT molecular complexity index is 527. The second-order valence-corrected chi connectivity index (χ2v) is 6.51. The summed E-state index contributed by atoms with van der Waals surface area (Å²) in [4.78, 5) is 2.77. The normalized spacial score (nSPS) is 25.8. The van der Waals surface area contributed by atoms with Crippen molar-refractivity contribution in [3.8, 4) is 10.4 Å². The molecule has 2 atom stereocenters. The molecule has 0 bridgehead atoms. The van der Waals surface area contributed by atoms with Crippen molar-refractivity contribution in [1.29, 1.82) is 0 Å². The topological polar surface area (TPSA) is 26.0 Å². The van der Waals surface area contributed by atoms with Gasteiger partial charge in [0.1, 0.15) is 0 Å². The molecule has 1 fully saturated rings. The van der Waals surface area contributed by atoms with Gasteiger partial charge in [0.25, 0.3) is 0 Å². The van der Waals surface area contributed by atoms with Crippen molar-refractivity contribution in [3.05, 3.63) is 47.3 Å². The minimum atomic E-state index is 0.277. The van der Waals surface area contributed by atoms with Crippen molar-refractivity contribution in [2.24, 2.45) is 11.1 Å². The molecule has 2 N–H and O–H groups in total. The third-order valence-electron chi connectivity index (χ3n) is 3.90. The lowest BCUT2D eigenvalue weighted by atomic mass is 10.1. The van der Waals surface area contributed by atoms with Crippen LogP contribution in [-0.2, 0) is 0 Å². The first kappa shape index (κ1) is 11.0. The number of rotatable bonds is 2. The monoisotopic (exact) mass is 243 g/mol. The molecule has 0 amide bonds. The molecular weight excluding hydrogens is 226 g/mol. The van der Waals surface area contributed by atoms with Gasteiger partial charge in [0.2, 0.25) is 0 Å². The lowest BCUT2D eigenvalue weighted by molar-refractivity contribution is 0.601. The van der Waals surface area contributed by atoms with Gasteiger partial charge in [-0.25, -0.2) is 0 Å². The smallest absolute Gasteiger partial charge is 0.0345 e. The molecule has 1 aromatic heterocycles. The van der Waals surface area contributed by atoms with Gasteiger partial charge in [-0.15, -0.1) is 11.3 Å². The van der Waals surface area contributed by atoms with Gasteiger partial charge in [0.05, 0.1) is 0 Å². The van der Waals surface area contributed by atoms with Crippen molar-refractivity contribution in [2.75, 3.05) is 0 Å². The Balaban J connectivity index is 1.90. The molecule has 2 unspecified atom stereocenters. The lowest BCUT2D eigenvalue weighted by Crippen LogP contribution is -2.06. The van der Waals surface area contributed by atoms with E-state index in [1.807, 2.05) is 11.3 Å². The van der Waals surface area contributed by atoms with Crippen molar-refractivity contribution in [2.45, 2.75) is 25.8 Å². The van der Waals surface area contributed by atoms with Crippen LogP contribution < -0.4 is 5.73 Å². The summed E-state index contributed by atoms with van der Waals surface area (Å²) in [6.45, 7) is 4.51. The van der Waals surface area contributed by atoms with E-state index < -0.39 is 0 Å². The first-order valence-corrected chi connectivity index (χ1v) is 6.83. The third kappa shape index (κ3) is 1.72. The molecule has 1 aromatic carbocycles. The number of hydrogen-bond donors (Lipinski definition) is 1. The largest absolute Gasteiger partial charge is 0.327 e. The van der Waals surface area contributed by atoms with E-state index in [0.29, 0.717) is 12.0 Å². The van der Waals surface area contributed by atoms with Gasteiger partial charge in [-0.1, -0.05) is 44.2 Å². The number of thiophene rings is 1. The molecule has 2 heteroatoms. The van der Waals surface area contributed by atoms with Crippen LogP contribution in [0.2, 0.25) is 0 Å². The van der Waals surface area contributed by atoms with Crippen LogP contribution in [0.1, 0.15) is 24.6 Å². The predicted molar refractivity (Wildman–Crippen MR) is 74.3 cm³/mol. The fourth-order valence-corrected chi connectivity index (χ4v) is 3.86. The van der Waals surface area contributed by atoms with E-state index in [1.54, 1.807) is 0 Å². The highest BCUT2D eigenvalue weighted by atomic mass is 32.1. The summed E-state index contributed by atoms with van der Waals surface area (Å²) >= 11 is 1.88. The van der Waals surface area contributed by atoms with Gasteiger partial charge >= 0.3 is 0 Å². The molecule has 1 aliphatic carbocycles. The van der Waals surface area contributed by atoms with Crippen LogP contribution in [0, 0.1) is 5.41 Å². The fraction of sp³-hybridized carbons (Fsp3) is 0.333. The maximum absolute atomic E-state index is 6.13. The molecule has 1 nitrogen and oxygen atoms in total. The van der Waals surface area contributed by atoms with Crippen LogP contribution in [0.4, 0.5) is 0 Å². The average molecular weight is 243 g/mol. The van der Waals surface area contributed by atoms with E-state index in [4.69, 9.17) is 5.73 Å². The summed E-state index contributed by atoms with van der Waals surface area (Å²) in [5.74, 6) is 0.546. The standard InChI is InChI=1S/C15H17NS/c1-15(2)13(14(15)16)12-9-8-11(17-12)10-6-4-3-5-7-10/h3-9,13-14H,16H2,1-2H3. The van der Waals surface area contributed by atoms with Crippen LogP contribution >= 0.6 is 11.3 Å². The van der Waals surface area contributed by atoms with Gasteiger partial charge in [0.15, 0.2) is 0 Å². The van der Waals surface area contributed by atoms with Gasteiger partial charge in [-0.3, -0.25) is 0 Å². The third-order valence-corrected chi connectivity index (χ3v) is 5.12. The van der Waals surface area contributed by atoms with Crippen molar-refractivity contribution < 1.29 is 0 Å². The molecule has 1 saturated carbocycles. The van der Waals surface area contributed by atoms with Crippen LogP contribution in [0.15, 0.2) is 42.5 Å².